The van der Waals surface area contributed by atoms with Gasteiger partial charge in [-0.3, -0.25) is 9.89 Å². The smallest absolute Gasteiger partial charge is 0.340 e. The number of hydrogen-bond donors (Lipinski definition) is 1. The zero-order valence-electron chi connectivity index (χ0n) is 13.1. The average molecular weight is 352 g/mol. The number of anilines is 1. The van der Waals surface area contributed by atoms with Gasteiger partial charge in [-0.1, -0.05) is 0 Å². The Labute approximate surface area is 140 Å². The minimum Gasteiger partial charge on any atom is -0.340 e. The van der Waals surface area contributed by atoms with E-state index in [4.69, 9.17) is 0 Å². The lowest BCUT2D eigenvalue weighted by Gasteiger charge is -2.21. The van der Waals surface area contributed by atoms with E-state index in [1.54, 1.807) is 16.0 Å². The molecule has 2 aromatic heterocycles. The molecule has 7 nitrogen and oxygen atoms in total. The molecule has 132 valence electrons. The highest BCUT2D eigenvalue weighted by Gasteiger charge is 2.43. The molecule has 25 heavy (non-hydrogen) atoms. The Morgan fingerprint density at radius 3 is 2.52 bits per heavy atom. The summed E-state index contributed by atoms with van der Waals surface area (Å²) in [5, 5.41) is 6.39. The van der Waals surface area contributed by atoms with Gasteiger partial charge in [0.05, 0.1) is 11.8 Å². The molecule has 0 aliphatic carbocycles. The molecule has 0 aromatic carbocycles. The fourth-order valence-corrected chi connectivity index (χ4v) is 3.53. The van der Waals surface area contributed by atoms with Crippen LogP contribution in [0.25, 0.3) is 0 Å². The van der Waals surface area contributed by atoms with E-state index in [1.807, 2.05) is 0 Å². The van der Waals surface area contributed by atoms with E-state index in [2.05, 4.69) is 20.2 Å². The molecule has 2 aromatic rings. The number of aromatic nitrogens is 4. The van der Waals surface area contributed by atoms with Crippen LogP contribution in [-0.2, 0) is 6.18 Å². The third kappa shape index (κ3) is 2.92. The number of hydrogen-bond acceptors (Lipinski definition) is 5. The fraction of sp³-hybridized carbons (Fsp3) is 0.467. The molecule has 2 saturated heterocycles. The molecule has 10 heteroatoms. The first kappa shape index (κ1) is 15.9. The summed E-state index contributed by atoms with van der Waals surface area (Å²) in [6.45, 7) is 2.23. The number of H-pyrrole nitrogens is 1. The number of alkyl halides is 3. The lowest BCUT2D eigenvalue weighted by molar-refractivity contribution is -0.141. The van der Waals surface area contributed by atoms with Crippen molar-refractivity contribution in [1.29, 1.82) is 0 Å². The summed E-state index contributed by atoms with van der Waals surface area (Å²) in [5.41, 5.74) is -0.427. The summed E-state index contributed by atoms with van der Waals surface area (Å²) < 4.78 is 38.4. The molecule has 0 spiro atoms. The molecule has 0 radical (unpaired) electrons. The van der Waals surface area contributed by atoms with Crippen molar-refractivity contribution >= 4 is 11.9 Å². The second-order valence-electron chi connectivity index (χ2n) is 6.36. The zero-order valence-corrected chi connectivity index (χ0v) is 13.1. The van der Waals surface area contributed by atoms with Gasteiger partial charge in [0.1, 0.15) is 5.69 Å². The van der Waals surface area contributed by atoms with Crippen LogP contribution < -0.4 is 4.90 Å². The second kappa shape index (κ2) is 5.71. The summed E-state index contributed by atoms with van der Waals surface area (Å²) >= 11 is 0. The SMILES string of the molecule is O=C(c1cn[nH]c1)N1CC2CN(c3nccc(C(F)(F)F)n3)CC2C1. The van der Waals surface area contributed by atoms with Crippen molar-refractivity contribution in [2.45, 2.75) is 6.18 Å². The van der Waals surface area contributed by atoms with Crippen molar-refractivity contribution in [3.8, 4) is 0 Å². The predicted molar refractivity (Wildman–Crippen MR) is 80.7 cm³/mol. The van der Waals surface area contributed by atoms with Crippen molar-refractivity contribution < 1.29 is 18.0 Å². The first-order valence-electron chi connectivity index (χ1n) is 7.85. The fourth-order valence-electron chi connectivity index (χ4n) is 3.53. The van der Waals surface area contributed by atoms with Crippen molar-refractivity contribution in [2.24, 2.45) is 11.8 Å². The van der Waals surface area contributed by atoms with Crippen LogP contribution in [0.2, 0.25) is 0 Å². The molecule has 1 N–H and O–H groups in total. The van der Waals surface area contributed by atoms with E-state index in [-0.39, 0.29) is 23.7 Å². The molecular formula is C15H15F3N6O. The average Bonchev–Trinajstić information content (AvgIpc) is 3.29. The van der Waals surface area contributed by atoms with E-state index in [9.17, 15) is 18.0 Å². The largest absolute Gasteiger partial charge is 0.433 e. The van der Waals surface area contributed by atoms with Gasteiger partial charge in [0.25, 0.3) is 5.91 Å². The lowest BCUT2D eigenvalue weighted by Crippen LogP contribution is -2.33. The molecule has 2 fully saturated rings. The summed E-state index contributed by atoms with van der Waals surface area (Å²) in [7, 11) is 0. The van der Waals surface area contributed by atoms with Crippen LogP contribution in [0.15, 0.2) is 24.7 Å². The summed E-state index contributed by atoms with van der Waals surface area (Å²) in [5.74, 6) is 0.421. The van der Waals surface area contributed by atoms with Gasteiger partial charge in [-0.25, -0.2) is 9.97 Å². The first-order chi connectivity index (χ1) is 11.9. The van der Waals surface area contributed by atoms with E-state index in [1.165, 1.54) is 6.20 Å². The number of rotatable bonds is 2. The minimum absolute atomic E-state index is 0.0787. The molecule has 2 atom stereocenters. The van der Waals surface area contributed by atoms with Crippen LogP contribution >= 0.6 is 0 Å². The summed E-state index contributed by atoms with van der Waals surface area (Å²) in [4.78, 5) is 23.5. The van der Waals surface area contributed by atoms with E-state index < -0.39 is 11.9 Å². The topological polar surface area (TPSA) is 78.0 Å². The van der Waals surface area contributed by atoms with Crippen molar-refractivity contribution in [2.75, 3.05) is 31.1 Å². The normalized spacial score (nSPS) is 23.2. The van der Waals surface area contributed by atoms with Crippen molar-refractivity contribution in [3.05, 3.63) is 35.9 Å². The van der Waals surface area contributed by atoms with Gasteiger partial charge in [-0.15, -0.1) is 0 Å². The summed E-state index contributed by atoms with van der Waals surface area (Å²) in [6.07, 6.45) is -0.312. The number of carbonyl (C=O) groups excluding carboxylic acids is 1. The number of amides is 1. The molecule has 4 heterocycles. The van der Waals surface area contributed by atoms with Gasteiger partial charge in [0.2, 0.25) is 5.95 Å². The maximum atomic E-state index is 12.8. The molecule has 2 aliphatic heterocycles. The van der Waals surface area contributed by atoms with Crippen LogP contribution in [0.3, 0.4) is 0 Å². The number of nitrogens with one attached hydrogen (secondary N) is 1. The van der Waals surface area contributed by atoms with Crippen LogP contribution in [0, 0.1) is 11.8 Å². The lowest BCUT2D eigenvalue weighted by atomic mass is 10.0. The van der Waals surface area contributed by atoms with Gasteiger partial charge in [0, 0.05) is 50.4 Å². The molecule has 0 saturated carbocycles. The maximum absolute atomic E-state index is 12.8. The Kier molecular flexibility index (Phi) is 3.62. The first-order valence-corrected chi connectivity index (χ1v) is 7.85. The van der Waals surface area contributed by atoms with Crippen LogP contribution in [0.4, 0.5) is 19.1 Å². The van der Waals surface area contributed by atoms with E-state index >= 15 is 0 Å². The molecule has 2 unspecified atom stereocenters. The Morgan fingerprint density at radius 2 is 1.92 bits per heavy atom. The molecular weight excluding hydrogens is 337 g/mol. The molecule has 1 amide bonds. The Hall–Kier alpha value is -2.65. The standard InChI is InChI=1S/C15H15F3N6O/c16-15(17,18)12-1-2-19-14(22-12)24-7-10-5-23(6-11(10)8-24)13(25)9-3-20-21-4-9/h1-4,10-11H,5-8H2,(H,20,21). The number of halogens is 3. The summed E-state index contributed by atoms with van der Waals surface area (Å²) in [6, 6.07) is 0.867. The quantitative estimate of drug-likeness (QED) is 0.885. The maximum Gasteiger partial charge on any atom is 0.433 e. The van der Waals surface area contributed by atoms with Crippen molar-refractivity contribution in [1.82, 2.24) is 25.1 Å². The predicted octanol–water partition coefficient (Wildman–Crippen LogP) is 1.43. The van der Waals surface area contributed by atoms with Crippen LogP contribution in [-0.4, -0.2) is 57.2 Å². The number of nitrogens with zero attached hydrogens (tertiary/aromatic N) is 5. The third-order valence-corrected chi connectivity index (χ3v) is 4.73. The number of likely N-dealkylation sites (tertiary alicyclic amines) is 1. The van der Waals surface area contributed by atoms with Gasteiger partial charge < -0.3 is 9.80 Å². The van der Waals surface area contributed by atoms with Gasteiger partial charge in [-0.2, -0.15) is 18.3 Å². The van der Waals surface area contributed by atoms with E-state index in [0.29, 0.717) is 31.7 Å². The highest BCUT2D eigenvalue weighted by Crippen LogP contribution is 2.34. The number of carbonyl (C=O) groups is 1. The Bertz CT molecular complexity index is 764. The Morgan fingerprint density at radius 1 is 1.20 bits per heavy atom. The van der Waals surface area contributed by atoms with Gasteiger partial charge in [-0.05, 0) is 6.07 Å². The number of aromatic amines is 1. The minimum atomic E-state index is -4.49. The van der Waals surface area contributed by atoms with Crippen LogP contribution in [0.1, 0.15) is 16.1 Å². The number of fused-ring (bicyclic) bond motifs is 1. The molecule has 0 bridgehead atoms. The van der Waals surface area contributed by atoms with Crippen LogP contribution in [0.5, 0.6) is 0 Å². The van der Waals surface area contributed by atoms with Gasteiger partial charge >= 0.3 is 6.18 Å². The second-order valence-corrected chi connectivity index (χ2v) is 6.36. The highest BCUT2D eigenvalue weighted by atomic mass is 19.4. The highest BCUT2D eigenvalue weighted by molar-refractivity contribution is 5.93. The monoisotopic (exact) mass is 352 g/mol. The van der Waals surface area contributed by atoms with Gasteiger partial charge in [0.15, 0.2) is 0 Å². The third-order valence-electron chi connectivity index (χ3n) is 4.73. The Balaban J connectivity index is 1.44. The van der Waals surface area contributed by atoms with E-state index in [0.717, 1.165) is 12.3 Å². The molecule has 2 aliphatic rings. The zero-order chi connectivity index (χ0) is 17.6. The van der Waals surface area contributed by atoms with Crippen molar-refractivity contribution in [3.63, 3.8) is 0 Å². The molecule has 4 rings (SSSR count).